The zero-order valence-electron chi connectivity index (χ0n) is 19.2. The van der Waals surface area contributed by atoms with E-state index in [0.717, 1.165) is 64.1 Å². The zero-order chi connectivity index (χ0) is 22.3. The van der Waals surface area contributed by atoms with E-state index in [9.17, 15) is 9.90 Å². The predicted octanol–water partition coefficient (Wildman–Crippen LogP) is 2.39. The molecule has 2 aliphatic heterocycles. The Balaban J connectivity index is 1.18. The fraction of sp³-hybridized carbons (Fsp3) is 0.538. The minimum absolute atomic E-state index is 0.182. The lowest BCUT2D eigenvalue weighted by Crippen LogP contribution is -2.40. The molecule has 1 aromatic carbocycles. The molecule has 1 saturated heterocycles. The third-order valence-corrected chi connectivity index (χ3v) is 6.83. The Kier molecular flexibility index (Phi) is 7.90. The van der Waals surface area contributed by atoms with Crippen molar-refractivity contribution in [3.63, 3.8) is 0 Å². The molecule has 32 heavy (non-hydrogen) atoms. The van der Waals surface area contributed by atoms with Gasteiger partial charge in [0.1, 0.15) is 0 Å². The van der Waals surface area contributed by atoms with Crippen LogP contribution in [-0.2, 0) is 30.7 Å². The zero-order valence-corrected chi connectivity index (χ0v) is 19.2. The fourth-order valence-corrected chi connectivity index (χ4v) is 4.95. The number of hydrogen-bond acceptors (Lipinski definition) is 5. The number of rotatable bonds is 8. The molecular formula is C26H36N4O2. The number of nitrogens with zero attached hydrogens (tertiary/aromatic N) is 3. The largest absolute Gasteiger partial charge is 0.390 e. The number of carbonyl (C=O) groups is 1. The van der Waals surface area contributed by atoms with E-state index in [1.807, 2.05) is 17.2 Å². The summed E-state index contributed by atoms with van der Waals surface area (Å²) in [5, 5.41) is 13.9. The lowest BCUT2D eigenvalue weighted by molar-refractivity contribution is -0.130. The van der Waals surface area contributed by atoms with Crippen molar-refractivity contribution in [1.29, 1.82) is 0 Å². The molecule has 172 valence electrons. The Hall–Kier alpha value is -2.28. The van der Waals surface area contributed by atoms with E-state index < -0.39 is 0 Å². The Bertz CT molecular complexity index is 895. The third-order valence-electron chi connectivity index (χ3n) is 6.83. The predicted molar refractivity (Wildman–Crippen MR) is 126 cm³/mol. The highest BCUT2D eigenvalue weighted by molar-refractivity contribution is 5.73. The highest BCUT2D eigenvalue weighted by atomic mass is 16.3. The number of hydrogen-bond donors (Lipinski definition) is 2. The smallest absolute Gasteiger partial charge is 0.219 e. The molecule has 0 bridgehead atoms. The maximum Gasteiger partial charge on any atom is 0.219 e. The summed E-state index contributed by atoms with van der Waals surface area (Å²) in [6.07, 6.45) is 5.64. The fourth-order valence-electron chi connectivity index (χ4n) is 4.95. The van der Waals surface area contributed by atoms with Crippen LogP contribution >= 0.6 is 0 Å². The second kappa shape index (κ2) is 11.0. The van der Waals surface area contributed by atoms with Crippen molar-refractivity contribution < 1.29 is 9.90 Å². The van der Waals surface area contributed by atoms with Crippen LogP contribution in [0, 0.1) is 5.92 Å². The van der Waals surface area contributed by atoms with Crippen molar-refractivity contribution in [2.45, 2.75) is 51.8 Å². The summed E-state index contributed by atoms with van der Waals surface area (Å²) in [6.45, 7) is 7.32. The highest BCUT2D eigenvalue weighted by Gasteiger charge is 2.21. The number of likely N-dealkylation sites (tertiary alicyclic amines) is 1. The molecule has 1 atom stereocenters. The maximum absolute atomic E-state index is 11.5. The molecule has 2 N–H and O–H groups in total. The second-order valence-corrected chi connectivity index (χ2v) is 9.35. The summed E-state index contributed by atoms with van der Waals surface area (Å²) < 4.78 is 0. The number of aliphatic hydroxyl groups excluding tert-OH is 1. The summed E-state index contributed by atoms with van der Waals surface area (Å²) in [4.78, 5) is 20.4. The van der Waals surface area contributed by atoms with Crippen LogP contribution in [0.2, 0.25) is 0 Å². The first kappa shape index (κ1) is 22.9. The van der Waals surface area contributed by atoms with Crippen molar-refractivity contribution in [2.75, 3.05) is 32.7 Å². The van der Waals surface area contributed by atoms with Crippen molar-refractivity contribution in [2.24, 2.45) is 5.92 Å². The van der Waals surface area contributed by atoms with E-state index in [0.29, 0.717) is 19.0 Å². The molecule has 6 nitrogen and oxygen atoms in total. The van der Waals surface area contributed by atoms with Crippen LogP contribution in [0.15, 0.2) is 42.6 Å². The van der Waals surface area contributed by atoms with Crippen molar-refractivity contribution in [1.82, 2.24) is 20.1 Å². The molecule has 0 radical (unpaired) electrons. The SMILES string of the molecule is CC(=O)N1CCC(Cc2cc(CNCC(O)CN3CCc4ccccc4C3)ccn2)CC1. The van der Waals surface area contributed by atoms with Gasteiger partial charge < -0.3 is 15.3 Å². The Morgan fingerprint density at radius 1 is 1.19 bits per heavy atom. The first-order valence-corrected chi connectivity index (χ1v) is 11.9. The summed E-state index contributed by atoms with van der Waals surface area (Å²) in [6, 6.07) is 12.8. The molecule has 2 aliphatic rings. The van der Waals surface area contributed by atoms with Crippen LogP contribution in [0.5, 0.6) is 0 Å². The van der Waals surface area contributed by atoms with E-state index in [-0.39, 0.29) is 12.0 Å². The Labute approximate surface area is 191 Å². The molecule has 1 unspecified atom stereocenters. The lowest BCUT2D eigenvalue weighted by atomic mass is 9.91. The normalized spacial score (nSPS) is 18.4. The average Bonchev–Trinajstić information content (AvgIpc) is 2.79. The van der Waals surface area contributed by atoms with Gasteiger partial charge in [-0.05, 0) is 60.4 Å². The maximum atomic E-state index is 11.5. The van der Waals surface area contributed by atoms with E-state index >= 15 is 0 Å². The van der Waals surface area contributed by atoms with Gasteiger partial charge in [0, 0.05) is 64.6 Å². The first-order chi connectivity index (χ1) is 15.6. The monoisotopic (exact) mass is 436 g/mol. The van der Waals surface area contributed by atoms with Gasteiger partial charge in [-0.25, -0.2) is 0 Å². The van der Waals surface area contributed by atoms with Gasteiger partial charge in [0.25, 0.3) is 0 Å². The quantitative estimate of drug-likeness (QED) is 0.665. The molecule has 0 saturated carbocycles. The van der Waals surface area contributed by atoms with Gasteiger partial charge >= 0.3 is 0 Å². The van der Waals surface area contributed by atoms with Gasteiger partial charge in [-0.15, -0.1) is 0 Å². The molecule has 1 amide bonds. The molecule has 3 heterocycles. The van der Waals surface area contributed by atoms with Crippen LogP contribution in [0.25, 0.3) is 0 Å². The minimum atomic E-state index is -0.381. The average molecular weight is 437 g/mol. The van der Waals surface area contributed by atoms with Crippen LogP contribution in [-0.4, -0.2) is 64.6 Å². The summed E-state index contributed by atoms with van der Waals surface area (Å²) in [7, 11) is 0. The van der Waals surface area contributed by atoms with E-state index in [4.69, 9.17) is 0 Å². The number of benzene rings is 1. The topological polar surface area (TPSA) is 68.7 Å². The van der Waals surface area contributed by atoms with Crippen molar-refractivity contribution in [3.05, 3.63) is 65.0 Å². The molecule has 0 spiro atoms. The number of aliphatic hydroxyl groups is 1. The van der Waals surface area contributed by atoms with Crippen LogP contribution in [0.1, 0.15) is 42.1 Å². The number of piperidine rings is 1. The van der Waals surface area contributed by atoms with Crippen LogP contribution in [0.3, 0.4) is 0 Å². The number of nitrogens with one attached hydrogen (secondary N) is 1. The molecule has 2 aromatic rings. The van der Waals surface area contributed by atoms with Crippen molar-refractivity contribution in [3.8, 4) is 0 Å². The van der Waals surface area contributed by atoms with Gasteiger partial charge in [0.15, 0.2) is 0 Å². The Morgan fingerprint density at radius 3 is 2.75 bits per heavy atom. The first-order valence-electron chi connectivity index (χ1n) is 11.9. The summed E-state index contributed by atoms with van der Waals surface area (Å²) in [5.41, 5.74) is 5.15. The second-order valence-electron chi connectivity index (χ2n) is 9.35. The number of fused-ring (bicyclic) bond motifs is 1. The third kappa shape index (κ3) is 6.37. The number of aromatic nitrogens is 1. The summed E-state index contributed by atoms with van der Waals surface area (Å²) in [5.74, 6) is 0.778. The number of amides is 1. The minimum Gasteiger partial charge on any atom is -0.390 e. The van der Waals surface area contributed by atoms with E-state index in [1.54, 1.807) is 6.92 Å². The lowest BCUT2D eigenvalue weighted by Gasteiger charge is -2.31. The number of β-amino-alcohol motifs (C(OH)–C–C–N with tert-alkyl or cyclic N) is 1. The molecule has 1 fully saturated rings. The molecule has 4 rings (SSSR count). The molecule has 1 aromatic heterocycles. The molecule has 6 heteroatoms. The van der Waals surface area contributed by atoms with Crippen LogP contribution < -0.4 is 5.32 Å². The molecular weight excluding hydrogens is 400 g/mol. The number of carbonyl (C=O) groups excluding carboxylic acids is 1. The Morgan fingerprint density at radius 2 is 1.97 bits per heavy atom. The van der Waals surface area contributed by atoms with Gasteiger partial charge in [0.2, 0.25) is 5.91 Å². The van der Waals surface area contributed by atoms with Gasteiger partial charge in [-0.3, -0.25) is 14.7 Å². The standard InChI is InChI=1S/C26H36N4O2/c1-20(31)30-12-7-21(8-13-30)14-25-15-22(6-10-28-25)16-27-17-26(32)19-29-11-9-23-4-2-3-5-24(23)18-29/h2-6,10,15,21,26-27,32H,7-9,11-14,16-19H2,1H3. The van der Waals surface area contributed by atoms with Crippen molar-refractivity contribution >= 4 is 5.91 Å². The number of pyridine rings is 1. The summed E-state index contributed by atoms with van der Waals surface area (Å²) >= 11 is 0. The molecule has 0 aliphatic carbocycles. The highest BCUT2D eigenvalue weighted by Crippen LogP contribution is 2.21. The van der Waals surface area contributed by atoms with E-state index in [2.05, 4.69) is 45.5 Å². The van der Waals surface area contributed by atoms with E-state index in [1.165, 1.54) is 16.7 Å². The van der Waals surface area contributed by atoms with Crippen LogP contribution in [0.4, 0.5) is 0 Å². The van der Waals surface area contributed by atoms with Gasteiger partial charge in [-0.2, -0.15) is 0 Å². The van der Waals surface area contributed by atoms with Gasteiger partial charge in [-0.1, -0.05) is 24.3 Å². The van der Waals surface area contributed by atoms with Gasteiger partial charge in [0.05, 0.1) is 6.10 Å².